The molecule has 170 valence electrons. The Bertz CT molecular complexity index is 957. The highest BCUT2D eigenvalue weighted by Crippen LogP contribution is 2.18. The second-order valence-electron chi connectivity index (χ2n) is 7.37. The maximum absolute atomic E-state index is 12.4. The number of hydrogen-bond acceptors (Lipinski definition) is 7. The summed E-state index contributed by atoms with van der Waals surface area (Å²) in [7, 11) is -2.74. The van der Waals surface area contributed by atoms with Gasteiger partial charge in [-0.25, -0.2) is 18.2 Å². The highest BCUT2D eigenvalue weighted by molar-refractivity contribution is 7.73. The topological polar surface area (TPSA) is 168 Å². The summed E-state index contributed by atoms with van der Waals surface area (Å²) >= 11 is 0. The van der Waals surface area contributed by atoms with Gasteiger partial charge in [-0.05, 0) is 44.4 Å². The molecule has 6 N–H and O–H groups in total. The molecule has 0 saturated carbocycles. The molecule has 0 aliphatic carbocycles. The highest BCUT2D eigenvalue weighted by Gasteiger charge is 2.21. The molecule has 0 aliphatic heterocycles. The van der Waals surface area contributed by atoms with E-state index < -0.39 is 34.7 Å². The van der Waals surface area contributed by atoms with Gasteiger partial charge in [0.15, 0.2) is 5.72 Å². The minimum atomic E-state index is -2.74. The Labute approximate surface area is 182 Å². The van der Waals surface area contributed by atoms with Crippen LogP contribution in [0.2, 0.25) is 0 Å². The summed E-state index contributed by atoms with van der Waals surface area (Å²) in [6.45, 7) is 4.70. The van der Waals surface area contributed by atoms with Crippen molar-refractivity contribution in [2.75, 3.05) is 11.3 Å². The van der Waals surface area contributed by atoms with Crippen molar-refractivity contribution < 1.29 is 22.7 Å². The minimum absolute atomic E-state index is 0.299. The van der Waals surface area contributed by atoms with E-state index in [9.17, 15) is 18.0 Å². The van der Waals surface area contributed by atoms with Crippen LogP contribution >= 0.6 is 0 Å². The smallest absolute Gasteiger partial charge is 0.409 e. The van der Waals surface area contributed by atoms with Crippen LogP contribution in [0.1, 0.15) is 43.9 Å². The van der Waals surface area contributed by atoms with Crippen molar-refractivity contribution in [3.63, 3.8) is 0 Å². The number of nitrogens with one attached hydrogen (secondary N) is 4. The summed E-state index contributed by atoms with van der Waals surface area (Å²) < 4.78 is 28.8. The quantitative estimate of drug-likeness (QED) is 0.228. The molecule has 0 saturated heterocycles. The molecular weight excluding hydrogens is 424 g/mol. The van der Waals surface area contributed by atoms with E-state index in [1.807, 2.05) is 6.92 Å². The number of aromatic amines is 1. The van der Waals surface area contributed by atoms with Crippen LogP contribution in [0.3, 0.4) is 0 Å². The lowest BCUT2D eigenvalue weighted by Gasteiger charge is -2.20. The van der Waals surface area contributed by atoms with Gasteiger partial charge in [0, 0.05) is 11.9 Å². The average Bonchev–Trinajstić information content (AvgIpc) is 3.15. The number of ether oxygens (including phenoxy) is 1. The van der Waals surface area contributed by atoms with Gasteiger partial charge in [0.2, 0.25) is 16.8 Å². The summed E-state index contributed by atoms with van der Waals surface area (Å²) in [5.41, 5.74) is 6.59. The normalized spacial score (nSPS) is 12.3. The largest absolute Gasteiger partial charge is 0.429 e. The summed E-state index contributed by atoms with van der Waals surface area (Å²) in [6.07, 6.45) is 2.09. The Morgan fingerprint density at radius 1 is 1.26 bits per heavy atom. The average molecular weight is 453 g/mol. The first-order chi connectivity index (χ1) is 14.6. The Morgan fingerprint density at radius 3 is 2.48 bits per heavy atom. The number of H-pyrrole nitrogens is 1. The number of nitrogens with zero attached hydrogens (tertiary/aromatic N) is 1. The first-order valence-electron chi connectivity index (χ1n) is 9.65. The lowest BCUT2D eigenvalue weighted by molar-refractivity contribution is -0.121. The van der Waals surface area contributed by atoms with E-state index in [4.69, 9.17) is 10.5 Å². The molecule has 31 heavy (non-hydrogen) atoms. The number of imidazole rings is 1. The molecule has 1 aromatic carbocycles. The molecule has 0 aliphatic rings. The molecule has 12 heteroatoms. The number of amides is 2. The van der Waals surface area contributed by atoms with Crippen molar-refractivity contribution in [2.24, 2.45) is 5.73 Å². The van der Waals surface area contributed by atoms with E-state index in [0.29, 0.717) is 17.9 Å². The van der Waals surface area contributed by atoms with Crippen LogP contribution < -0.4 is 21.1 Å². The Balaban J connectivity index is 2.06. The maximum atomic E-state index is 12.4. The second kappa shape index (κ2) is 10.8. The van der Waals surface area contributed by atoms with Crippen LogP contribution in [0, 0.1) is 0 Å². The monoisotopic (exact) mass is 452 g/mol. The fraction of sp³-hybridized carbons (Fsp3) is 0.421. The van der Waals surface area contributed by atoms with Crippen molar-refractivity contribution in [3.05, 3.63) is 47.5 Å². The molecule has 11 nitrogen and oxygen atoms in total. The Morgan fingerprint density at radius 2 is 1.94 bits per heavy atom. The molecule has 0 fully saturated rings. The van der Waals surface area contributed by atoms with E-state index in [0.717, 1.165) is 17.7 Å². The third-order valence-corrected chi connectivity index (χ3v) is 4.48. The van der Waals surface area contributed by atoms with Crippen molar-refractivity contribution in [1.29, 1.82) is 0 Å². The number of rotatable bonds is 10. The zero-order valence-corrected chi connectivity index (χ0v) is 18.5. The van der Waals surface area contributed by atoms with Gasteiger partial charge in [0.05, 0.1) is 11.7 Å². The number of aromatic nitrogens is 2. The molecule has 2 amide bonds. The molecule has 1 aromatic heterocycles. The molecule has 2 aromatic rings. The summed E-state index contributed by atoms with van der Waals surface area (Å²) in [5.74, 6) is 0.133. The number of nitrogens with two attached hydrogens (primary N) is 1. The summed E-state index contributed by atoms with van der Waals surface area (Å²) in [4.78, 5) is 31.7. The van der Waals surface area contributed by atoms with Crippen molar-refractivity contribution >= 4 is 28.6 Å². The van der Waals surface area contributed by atoms with Gasteiger partial charge in [0.1, 0.15) is 12.4 Å². The van der Waals surface area contributed by atoms with Crippen molar-refractivity contribution in [1.82, 2.24) is 20.6 Å². The molecule has 1 heterocycles. The Hall–Kier alpha value is -3.12. The van der Waals surface area contributed by atoms with Gasteiger partial charge in [0.25, 0.3) is 0 Å². The first kappa shape index (κ1) is 24.2. The third-order valence-electron chi connectivity index (χ3n) is 4.04. The third kappa shape index (κ3) is 8.64. The number of carbonyl (C=O) groups is 2. The number of hydrogen-bond donors (Lipinski definition) is 6. The van der Waals surface area contributed by atoms with Crippen molar-refractivity contribution in [3.8, 4) is 0 Å². The van der Waals surface area contributed by atoms with Gasteiger partial charge in [-0.2, -0.15) is 0 Å². The second-order valence-corrected chi connectivity index (χ2v) is 8.11. The number of aryl methyl sites for hydroxylation is 1. The number of carbonyl (C=O) groups excluding carboxylic acids is 2. The Kier molecular flexibility index (Phi) is 8.39. The van der Waals surface area contributed by atoms with Crippen LogP contribution in [0.5, 0.6) is 0 Å². The lowest BCUT2D eigenvalue weighted by atomic mass is 10.0. The molecule has 0 radical (unpaired) electrons. The van der Waals surface area contributed by atoms with Crippen molar-refractivity contribution in [2.45, 2.75) is 45.4 Å². The van der Waals surface area contributed by atoms with E-state index >= 15 is 0 Å². The van der Waals surface area contributed by atoms with Gasteiger partial charge < -0.3 is 20.4 Å². The fourth-order valence-corrected chi connectivity index (χ4v) is 3.04. The maximum Gasteiger partial charge on any atom is 0.409 e. The predicted octanol–water partition coefficient (Wildman–Crippen LogP) is 0.731. The molecule has 0 bridgehead atoms. The van der Waals surface area contributed by atoms with Crippen LogP contribution in [0.25, 0.3) is 0 Å². The molecule has 1 atom stereocenters. The van der Waals surface area contributed by atoms with Gasteiger partial charge in [-0.1, -0.05) is 19.1 Å². The zero-order valence-electron chi connectivity index (χ0n) is 17.6. The molecular formula is C19H28N6O5S. The number of alkyl carbamates (subject to hydrolysis) is 1. The van der Waals surface area contributed by atoms with Crippen LogP contribution in [-0.2, 0) is 33.3 Å². The first-order valence-corrected chi connectivity index (χ1v) is 10.8. The fourth-order valence-electron chi connectivity index (χ4n) is 2.68. The summed E-state index contributed by atoms with van der Waals surface area (Å²) in [5, 5.41) is 5.19. The van der Waals surface area contributed by atoms with E-state index in [2.05, 4.69) is 25.3 Å². The minimum Gasteiger partial charge on any atom is -0.429 e. The van der Waals surface area contributed by atoms with Gasteiger partial charge >= 0.3 is 6.09 Å². The zero-order chi connectivity index (χ0) is 23.0. The van der Waals surface area contributed by atoms with E-state index in [-0.39, 0.29) is 6.54 Å². The lowest BCUT2D eigenvalue weighted by Crippen LogP contribution is -2.44. The number of anilines is 1. The summed E-state index contributed by atoms with van der Waals surface area (Å²) in [6, 6.07) is 6.27. The van der Waals surface area contributed by atoms with Gasteiger partial charge in [-0.3, -0.25) is 15.3 Å². The molecule has 0 spiro atoms. The number of benzene rings is 1. The standard InChI is InChI=1S/C19H28N6O5S/c1-4-13-10-21-17(23-13)15(9-12-5-7-14(8-6-12)25-31(28)29)24-16(26)11-22-18(27)30-19(2,3)20/h5-8,10,15,31H,4,9,11,20H2,1-3H3,(H,21,23)(H,22,27)(H,24,26)(H,25,28,29)/t15-/m0/s1. The predicted molar refractivity (Wildman–Crippen MR) is 116 cm³/mol. The molecule has 0 unspecified atom stereocenters. The molecule has 2 rings (SSSR count). The van der Waals surface area contributed by atoms with Crippen LogP contribution in [0.4, 0.5) is 10.5 Å². The van der Waals surface area contributed by atoms with E-state index in [1.165, 1.54) is 13.8 Å². The van der Waals surface area contributed by atoms with Gasteiger partial charge in [-0.15, -0.1) is 0 Å². The van der Waals surface area contributed by atoms with E-state index in [1.54, 1.807) is 30.5 Å². The highest BCUT2D eigenvalue weighted by atomic mass is 32.2. The number of thiol groups is 1. The SMILES string of the molecule is CCc1c[nH]c([C@H](Cc2ccc(N[SH](=O)=O)cc2)NC(=O)CNC(=O)OC(C)(C)N)n1. The van der Waals surface area contributed by atoms with Crippen LogP contribution in [0.15, 0.2) is 30.5 Å². The van der Waals surface area contributed by atoms with Crippen LogP contribution in [-0.4, -0.2) is 42.7 Å².